The molecule has 0 aliphatic rings. The van der Waals surface area contributed by atoms with Gasteiger partial charge in [-0.1, -0.05) is 24.6 Å². The van der Waals surface area contributed by atoms with Crippen LogP contribution in [0.5, 0.6) is 0 Å². The highest BCUT2D eigenvalue weighted by Gasteiger charge is 2.18. The Labute approximate surface area is 128 Å². The van der Waals surface area contributed by atoms with E-state index in [1.54, 1.807) is 0 Å². The summed E-state index contributed by atoms with van der Waals surface area (Å²) in [6.45, 7) is 3.90. The predicted molar refractivity (Wildman–Crippen MR) is 84.4 cm³/mol. The molecule has 3 aromatic rings. The summed E-state index contributed by atoms with van der Waals surface area (Å²) in [5.41, 5.74) is 3.68. The summed E-state index contributed by atoms with van der Waals surface area (Å²) in [5, 5.41) is 8.47. The molecular formula is C15H18ClN5. The van der Waals surface area contributed by atoms with Crippen LogP contribution in [0.2, 0.25) is 5.15 Å². The summed E-state index contributed by atoms with van der Waals surface area (Å²) >= 11 is 6.34. The molecule has 1 N–H and O–H groups in total. The number of imidazole rings is 1. The molecule has 6 heteroatoms. The van der Waals surface area contributed by atoms with Crippen molar-refractivity contribution in [3.63, 3.8) is 0 Å². The van der Waals surface area contributed by atoms with E-state index in [-0.39, 0.29) is 0 Å². The summed E-state index contributed by atoms with van der Waals surface area (Å²) in [6, 6.07) is 5.85. The van der Waals surface area contributed by atoms with Gasteiger partial charge in [-0.3, -0.25) is 9.08 Å². The fourth-order valence-corrected chi connectivity index (χ4v) is 2.71. The lowest BCUT2D eigenvalue weighted by Gasteiger charge is -2.04. The molecular weight excluding hydrogens is 286 g/mol. The molecule has 0 aromatic carbocycles. The molecule has 3 heterocycles. The Bertz CT molecular complexity index is 759. The summed E-state index contributed by atoms with van der Waals surface area (Å²) in [6.07, 6.45) is 5.09. The third-order valence-electron chi connectivity index (χ3n) is 3.36. The summed E-state index contributed by atoms with van der Waals surface area (Å²) < 4.78 is 3.80. The van der Waals surface area contributed by atoms with Crippen LogP contribution in [0.3, 0.4) is 0 Å². The zero-order valence-corrected chi connectivity index (χ0v) is 12.9. The molecule has 0 atom stereocenters. The number of aryl methyl sites for hydroxylation is 1. The highest BCUT2D eigenvalue weighted by Crippen LogP contribution is 2.30. The molecule has 110 valence electrons. The van der Waals surface area contributed by atoms with E-state index in [9.17, 15) is 0 Å². The molecule has 0 radical (unpaired) electrons. The molecule has 0 fully saturated rings. The van der Waals surface area contributed by atoms with Crippen LogP contribution in [-0.2, 0) is 13.6 Å². The second-order valence-corrected chi connectivity index (χ2v) is 5.39. The number of hydrogen-bond donors (Lipinski definition) is 1. The maximum atomic E-state index is 6.34. The number of nitrogens with zero attached hydrogens (tertiary/aromatic N) is 4. The van der Waals surface area contributed by atoms with Crippen molar-refractivity contribution in [1.82, 2.24) is 24.5 Å². The first kappa shape index (κ1) is 14.1. The molecule has 0 bridgehead atoms. The van der Waals surface area contributed by atoms with E-state index in [1.165, 1.54) is 0 Å². The fraction of sp³-hybridized carbons (Fsp3) is 0.333. The van der Waals surface area contributed by atoms with Crippen molar-refractivity contribution in [1.29, 1.82) is 0 Å². The van der Waals surface area contributed by atoms with Gasteiger partial charge < -0.3 is 5.32 Å². The van der Waals surface area contributed by atoms with Crippen LogP contribution in [0.15, 0.2) is 30.6 Å². The number of halogens is 1. The number of nitrogens with one attached hydrogen (secondary N) is 1. The number of pyridine rings is 1. The van der Waals surface area contributed by atoms with Gasteiger partial charge in [-0.25, -0.2) is 4.98 Å². The van der Waals surface area contributed by atoms with E-state index in [0.29, 0.717) is 5.15 Å². The van der Waals surface area contributed by atoms with Crippen molar-refractivity contribution in [2.45, 2.75) is 19.9 Å². The van der Waals surface area contributed by atoms with Crippen LogP contribution in [0, 0.1) is 0 Å². The van der Waals surface area contributed by atoms with Crippen LogP contribution < -0.4 is 5.32 Å². The van der Waals surface area contributed by atoms with E-state index >= 15 is 0 Å². The summed E-state index contributed by atoms with van der Waals surface area (Å²) in [4.78, 5) is 4.40. The van der Waals surface area contributed by atoms with E-state index in [2.05, 4.69) is 22.3 Å². The Morgan fingerprint density at radius 2 is 2.19 bits per heavy atom. The van der Waals surface area contributed by atoms with E-state index in [0.717, 1.165) is 42.1 Å². The molecule has 0 unspecified atom stereocenters. The largest absolute Gasteiger partial charge is 0.313 e. The van der Waals surface area contributed by atoms with Gasteiger partial charge in [-0.15, -0.1) is 0 Å². The lowest BCUT2D eigenvalue weighted by Crippen LogP contribution is -2.14. The second-order valence-electron chi connectivity index (χ2n) is 5.03. The van der Waals surface area contributed by atoms with Crippen molar-refractivity contribution >= 4 is 17.2 Å². The Balaban J connectivity index is 2.08. The Morgan fingerprint density at radius 1 is 1.33 bits per heavy atom. The van der Waals surface area contributed by atoms with Gasteiger partial charge in [0.15, 0.2) is 5.15 Å². The highest BCUT2D eigenvalue weighted by atomic mass is 35.5. The van der Waals surface area contributed by atoms with Gasteiger partial charge in [-0.05, 0) is 25.1 Å². The average molecular weight is 304 g/mol. The van der Waals surface area contributed by atoms with E-state index < -0.39 is 0 Å². The summed E-state index contributed by atoms with van der Waals surface area (Å²) in [7, 11) is 1.92. The predicted octanol–water partition coefficient (Wildman–Crippen LogP) is 2.89. The van der Waals surface area contributed by atoms with Crippen LogP contribution in [0.25, 0.3) is 17.0 Å². The first-order chi connectivity index (χ1) is 10.2. The zero-order valence-electron chi connectivity index (χ0n) is 12.2. The first-order valence-corrected chi connectivity index (χ1v) is 7.44. The van der Waals surface area contributed by atoms with Crippen molar-refractivity contribution < 1.29 is 0 Å². The van der Waals surface area contributed by atoms with Crippen molar-refractivity contribution in [3.8, 4) is 11.4 Å². The first-order valence-electron chi connectivity index (χ1n) is 7.07. The standard InChI is InChI=1S/C15H18ClN5/c1-3-7-17-9-11-10-20(2)19-13(11)14-15(16)18-12-6-4-5-8-21(12)14/h4-6,8,10,17H,3,7,9H2,1-2H3. The third kappa shape index (κ3) is 2.66. The van der Waals surface area contributed by atoms with Crippen molar-refractivity contribution in [2.75, 3.05) is 6.54 Å². The number of rotatable bonds is 5. The Hall–Kier alpha value is -1.85. The molecule has 21 heavy (non-hydrogen) atoms. The fourth-order valence-electron chi connectivity index (χ4n) is 2.45. The van der Waals surface area contributed by atoms with Crippen LogP contribution in [0.1, 0.15) is 18.9 Å². The molecule has 0 aliphatic heterocycles. The molecule has 3 rings (SSSR count). The highest BCUT2D eigenvalue weighted by molar-refractivity contribution is 6.32. The van der Waals surface area contributed by atoms with Gasteiger partial charge in [0, 0.05) is 31.5 Å². The minimum Gasteiger partial charge on any atom is -0.313 e. The van der Waals surface area contributed by atoms with Gasteiger partial charge in [-0.2, -0.15) is 5.10 Å². The minimum absolute atomic E-state index is 0.483. The van der Waals surface area contributed by atoms with Gasteiger partial charge in [0.2, 0.25) is 0 Å². The monoisotopic (exact) mass is 303 g/mol. The molecule has 3 aromatic heterocycles. The zero-order chi connectivity index (χ0) is 14.8. The van der Waals surface area contributed by atoms with Gasteiger partial charge in [0.1, 0.15) is 17.0 Å². The smallest absolute Gasteiger partial charge is 0.157 e. The third-order valence-corrected chi connectivity index (χ3v) is 3.62. The second kappa shape index (κ2) is 5.87. The van der Waals surface area contributed by atoms with E-state index in [1.807, 2.05) is 46.7 Å². The number of aromatic nitrogens is 4. The maximum absolute atomic E-state index is 6.34. The molecule has 0 spiro atoms. The average Bonchev–Trinajstić information content (AvgIpc) is 2.98. The normalized spacial score (nSPS) is 11.4. The number of fused-ring (bicyclic) bond motifs is 1. The molecule has 0 saturated heterocycles. The van der Waals surface area contributed by atoms with Gasteiger partial charge in [0.05, 0.1) is 0 Å². The van der Waals surface area contributed by atoms with Crippen LogP contribution >= 0.6 is 11.6 Å². The minimum atomic E-state index is 0.483. The van der Waals surface area contributed by atoms with Crippen molar-refractivity contribution in [3.05, 3.63) is 41.3 Å². The summed E-state index contributed by atoms with van der Waals surface area (Å²) in [5.74, 6) is 0. The molecule has 5 nitrogen and oxygen atoms in total. The van der Waals surface area contributed by atoms with E-state index in [4.69, 9.17) is 11.6 Å². The van der Waals surface area contributed by atoms with Crippen molar-refractivity contribution in [2.24, 2.45) is 7.05 Å². The van der Waals surface area contributed by atoms with Crippen LogP contribution in [-0.4, -0.2) is 25.7 Å². The SMILES string of the molecule is CCCNCc1cn(C)nc1-c1c(Cl)nc2ccccn12. The topological polar surface area (TPSA) is 47.2 Å². The Kier molecular flexibility index (Phi) is 3.94. The molecule has 0 amide bonds. The lowest BCUT2D eigenvalue weighted by atomic mass is 10.2. The van der Waals surface area contributed by atoms with Gasteiger partial charge >= 0.3 is 0 Å². The van der Waals surface area contributed by atoms with Gasteiger partial charge in [0.25, 0.3) is 0 Å². The quantitative estimate of drug-likeness (QED) is 0.737. The maximum Gasteiger partial charge on any atom is 0.157 e. The lowest BCUT2D eigenvalue weighted by molar-refractivity contribution is 0.675. The molecule has 0 aliphatic carbocycles. The number of hydrogen-bond acceptors (Lipinski definition) is 3. The van der Waals surface area contributed by atoms with Crippen LogP contribution in [0.4, 0.5) is 0 Å². The molecule has 0 saturated carbocycles. The Morgan fingerprint density at radius 3 is 3.00 bits per heavy atom.